The van der Waals surface area contributed by atoms with Gasteiger partial charge in [0.1, 0.15) is 4.90 Å². The van der Waals surface area contributed by atoms with Crippen LogP contribution in [0.3, 0.4) is 0 Å². The van der Waals surface area contributed by atoms with E-state index in [1.807, 2.05) is 18.2 Å². The van der Waals surface area contributed by atoms with Gasteiger partial charge in [0.15, 0.2) is 5.82 Å². The summed E-state index contributed by atoms with van der Waals surface area (Å²) in [5.74, 6) is 0.606. The van der Waals surface area contributed by atoms with Crippen LogP contribution in [0.2, 0.25) is 0 Å². The number of rotatable bonds is 6. The molecule has 4 aromatic rings. The summed E-state index contributed by atoms with van der Waals surface area (Å²) in [7, 11) is -3.80. The van der Waals surface area contributed by atoms with Gasteiger partial charge in [-0.1, -0.05) is 18.2 Å². The number of fused-ring (bicyclic) bond motifs is 1. The van der Waals surface area contributed by atoms with E-state index in [2.05, 4.69) is 30.1 Å². The van der Waals surface area contributed by atoms with Crippen molar-refractivity contribution in [2.45, 2.75) is 4.90 Å². The topological polar surface area (TPSA) is 109 Å². The molecule has 0 amide bonds. The van der Waals surface area contributed by atoms with E-state index in [-0.39, 0.29) is 4.90 Å². The van der Waals surface area contributed by atoms with E-state index in [1.54, 1.807) is 54.9 Å². The number of hydrogen-bond donors (Lipinski definition) is 2. The van der Waals surface area contributed by atoms with E-state index in [9.17, 15) is 8.42 Å². The summed E-state index contributed by atoms with van der Waals surface area (Å²) < 4.78 is 34.0. The Hall–Kier alpha value is -3.76. The number of benzene rings is 2. The van der Waals surface area contributed by atoms with Gasteiger partial charge in [0.2, 0.25) is 0 Å². The molecule has 5 rings (SSSR count). The molecule has 0 aliphatic carbocycles. The largest absolute Gasteiger partial charge is 0.378 e. The van der Waals surface area contributed by atoms with Crippen molar-refractivity contribution in [3.8, 4) is 0 Å². The first-order valence-corrected chi connectivity index (χ1v) is 12.0. The molecule has 0 atom stereocenters. The summed E-state index contributed by atoms with van der Waals surface area (Å²) in [5.41, 5.74) is 2.62. The van der Waals surface area contributed by atoms with Crippen LogP contribution in [0, 0.1) is 0 Å². The molecular weight excluding hydrogens is 440 g/mol. The molecule has 0 unspecified atom stereocenters. The zero-order chi connectivity index (χ0) is 22.7. The van der Waals surface area contributed by atoms with Gasteiger partial charge in [0.05, 0.1) is 30.6 Å². The molecule has 2 N–H and O–H groups in total. The van der Waals surface area contributed by atoms with E-state index in [4.69, 9.17) is 4.74 Å². The van der Waals surface area contributed by atoms with Crippen molar-refractivity contribution >= 4 is 43.8 Å². The minimum absolute atomic E-state index is 0.137. The molecule has 0 spiro atoms. The lowest BCUT2D eigenvalue weighted by Crippen LogP contribution is -2.36. The lowest BCUT2D eigenvalue weighted by Gasteiger charge is -2.28. The van der Waals surface area contributed by atoms with Crippen molar-refractivity contribution in [3.63, 3.8) is 0 Å². The van der Waals surface area contributed by atoms with Gasteiger partial charge in [-0.2, -0.15) is 5.10 Å². The van der Waals surface area contributed by atoms with Crippen LogP contribution in [0.15, 0.2) is 78.0 Å². The highest BCUT2D eigenvalue weighted by Gasteiger charge is 2.18. The first-order chi connectivity index (χ1) is 16.1. The Morgan fingerprint density at radius 2 is 1.70 bits per heavy atom. The van der Waals surface area contributed by atoms with Crippen molar-refractivity contribution in [1.82, 2.24) is 15.2 Å². The predicted molar refractivity (Wildman–Crippen MR) is 127 cm³/mol. The Morgan fingerprint density at radius 1 is 0.939 bits per heavy atom. The van der Waals surface area contributed by atoms with Gasteiger partial charge >= 0.3 is 0 Å². The maximum absolute atomic E-state index is 13.0. The molecule has 1 fully saturated rings. The number of para-hydroxylation sites is 1. The van der Waals surface area contributed by atoms with Crippen LogP contribution in [0.25, 0.3) is 10.9 Å². The molecular formula is C23H22N6O3S. The van der Waals surface area contributed by atoms with Crippen molar-refractivity contribution in [2.75, 3.05) is 41.2 Å². The number of pyridine rings is 1. The molecule has 1 aliphatic rings. The van der Waals surface area contributed by atoms with E-state index in [0.29, 0.717) is 30.2 Å². The maximum atomic E-state index is 13.0. The third-order valence-corrected chi connectivity index (χ3v) is 6.72. The normalized spacial score (nSPS) is 14.2. The van der Waals surface area contributed by atoms with Crippen LogP contribution in [-0.4, -0.2) is 49.9 Å². The minimum Gasteiger partial charge on any atom is -0.378 e. The van der Waals surface area contributed by atoms with E-state index >= 15 is 0 Å². The van der Waals surface area contributed by atoms with Gasteiger partial charge < -0.3 is 15.0 Å². The van der Waals surface area contributed by atoms with E-state index in [1.165, 1.54) is 0 Å². The summed E-state index contributed by atoms with van der Waals surface area (Å²) in [5, 5.41) is 12.2. The molecule has 0 saturated carbocycles. The number of morpholine rings is 1. The molecule has 10 heteroatoms. The Morgan fingerprint density at radius 3 is 2.52 bits per heavy atom. The third-order valence-electron chi connectivity index (χ3n) is 5.31. The number of nitrogens with one attached hydrogen (secondary N) is 2. The first-order valence-electron chi connectivity index (χ1n) is 10.5. The smallest absolute Gasteiger partial charge is 0.264 e. The summed E-state index contributed by atoms with van der Waals surface area (Å²) in [4.78, 5) is 6.57. The third kappa shape index (κ3) is 4.71. The van der Waals surface area contributed by atoms with Crippen molar-refractivity contribution in [2.24, 2.45) is 0 Å². The summed E-state index contributed by atoms with van der Waals surface area (Å²) in [6.45, 7) is 3.01. The standard InChI is InChI=1S/C23H22N6O3S/c30-33(31,21-5-1-3-17-4-2-10-24-23(17)21)28-19-8-6-18(7-9-19)26-22-15-20(16-25-27-22)29-11-13-32-14-12-29/h1-10,15-16,28H,11-14H2,(H,26,27). The second kappa shape index (κ2) is 9.00. The second-order valence-corrected chi connectivity index (χ2v) is 9.19. The highest BCUT2D eigenvalue weighted by molar-refractivity contribution is 7.93. The zero-order valence-corrected chi connectivity index (χ0v) is 18.5. The van der Waals surface area contributed by atoms with E-state index < -0.39 is 10.0 Å². The Labute approximate surface area is 191 Å². The Balaban J connectivity index is 1.31. The van der Waals surface area contributed by atoms with Gasteiger partial charge in [-0.3, -0.25) is 9.71 Å². The quantitative estimate of drug-likeness (QED) is 0.449. The molecule has 3 heterocycles. The van der Waals surface area contributed by atoms with Gasteiger partial charge in [0.25, 0.3) is 10.0 Å². The fourth-order valence-corrected chi connectivity index (χ4v) is 4.92. The first kappa shape index (κ1) is 21.1. The average molecular weight is 463 g/mol. The Kier molecular flexibility index (Phi) is 5.76. The molecule has 2 aromatic carbocycles. The van der Waals surface area contributed by atoms with Crippen LogP contribution in [-0.2, 0) is 14.8 Å². The van der Waals surface area contributed by atoms with Crippen LogP contribution in [0.1, 0.15) is 0 Å². The maximum Gasteiger partial charge on any atom is 0.264 e. The van der Waals surface area contributed by atoms with Crippen molar-refractivity contribution < 1.29 is 13.2 Å². The van der Waals surface area contributed by atoms with Crippen LogP contribution < -0.4 is 14.9 Å². The molecule has 9 nitrogen and oxygen atoms in total. The molecule has 0 bridgehead atoms. The summed E-state index contributed by atoms with van der Waals surface area (Å²) in [6, 6.07) is 17.6. The fourth-order valence-electron chi connectivity index (χ4n) is 3.68. The van der Waals surface area contributed by atoms with Crippen LogP contribution >= 0.6 is 0 Å². The van der Waals surface area contributed by atoms with E-state index in [0.717, 1.165) is 29.9 Å². The minimum atomic E-state index is -3.80. The van der Waals surface area contributed by atoms with Crippen LogP contribution in [0.4, 0.5) is 22.9 Å². The zero-order valence-electron chi connectivity index (χ0n) is 17.7. The SMILES string of the molecule is O=S(=O)(Nc1ccc(Nc2cc(N3CCOCC3)cnn2)cc1)c1cccc2cccnc12. The number of nitrogens with zero attached hydrogens (tertiary/aromatic N) is 4. The molecule has 0 radical (unpaired) electrons. The Bertz CT molecular complexity index is 1370. The molecule has 1 saturated heterocycles. The fraction of sp³-hybridized carbons (Fsp3) is 0.174. The monoisotopic (exact) mass is 462 g/mol. The number of aromatic nitrogens is 3. The molecule has 168 valence electrons. The summed E-state index contributed by atoms with van der Waals surface area (Å²) in [6.07, 6.45) is 3.31. The van der Waals surface area contributed by atoms with Gasteiger partial charge in [0, 0.05) is 42.1 Å². The van der Waals surface area contributed by atoms with Crippen LogP contribution in [0.5, 0.6) is 0 Å². The average Bonchev–Trinajstić information content (AvgIpc) is 2.85. The highest BCUT2D eigenvalue weighted by Crippen LogP contribution is 2.25. The molecule has 33 heavy (non-hydrogen) atoms. The predicted octanol–water partition coefficient (Wildman–Crippen LogP) is 3.41. The molecule has 1 aliphatic heterocycles. The summed E-state index contributed by atoms with van der Waals surface area (Å²) >= 11 is 0. The number of anilines is 4. The van der Waals surface area contributed by atoms with Crippen molar-refractivity contribution in [1.29, 1.82) is 0 Å². The highest BCUT2D eigenvalue weighted by atomic mass is 32.2. The lowest BCUT2D eigenvalue weighted by atomic mass is 10.2. The lowest BCUT2D eigenvalue weighted by molar-refractivity contribution is 0.122. The number of ether oxygens (including phenoxy) is 1. The molecule has 2 aromatic heterocycles. The number of hydrogen-bond acceptors (Lipinski definition) is 8. The second-order valence-electron chi connectivity index (χ2n) is 7.54. The van der Waals surface area contributed by atoms with Crippen molar-refractivity contribution in [3.05, 3.63) is 73.1 Å². The van der Waals surface area contributed by atoms with Gasteiger partial charge in [-0.15, -0.1) is 5.10 Å². The number of sulfonamides is 1. The van der Waals surface area contributed by atoms with Gasteiger partial charge in [-0.05, 0) is 36.4 Å². The van der Waals surface area contributed by atoms with Gasteiger partial charge in [-0.25, -0.2) is 8.42 Å².